The van der Waals surface area contributed by atoms with Gasteiger partial charge in [0.15, 0.2) is 0 Å². The van der Waals surface area contributed by atoms with Crippen LogP contribution in [0.2, 0.25) is 0 Å². The van der Waals surface area contributed by atoms with E-state index in [1.165, 1.54) is 19.1 Å². The van der Waals surface area contributed by atoms with Gasteiger partial charge in [-0.1, -0.05) is 29.8 Å². The molecule has 9 heteroatoms. The second kappa shape index (κ2) is 10.4. The predicted octanol–water partition coefficient (Wildman–Crippen LogP) is 1.31. The summed E-state index contributed by atoms with van der Waals surface area (Å²) in [5.41, 5.74) is 0.776. The Balaban J connectivity index is 2.93. The fourth-order valence-electron chi connectivity index (χ4n) is 2.45. The van der Waals surface area contributed by atoms with Crippen LogP contribution in [0.5, 0.6) is 0 Å². The number of nitrogens with one attached hydrogen (secondary N) is 2. The number of carbonyl (C=O) groups is 4. The molecular formula is C20H29N3O6. The Morgan fingerprint density at radius 2 is 1.76 bits per heavy atom. The van der Waals surface area contributed by atoms with Gasteiger partial charge >= 0.3 is 12.1 Å². The first kappa shape index (κ1) is 23.9. The number of carbonyl (C=O) groups excluding carboxylic acids is 4. The third kappa shape index (κ3) is 8.20. The molecule has 0 spiro atoms. The number of ether oxygens (including phenoxy) is 2. The molecule has 0 saturated heterocycles. The average molecular weight is 407 g/mol. The van der Waals surface area contributed by atoms with Crippen LogP contribution in [0.15, 0.2) is 24.3 Å². The Labute approximate surface area is 170 Å². The largest absolute Gasteiger partial charge is 0.468 e. The van der Waals surface area contributed by atoms with Gasteiger partial charge in [0.1, 0.15) is 24.7 Å². The van der Waals surface area contributed by atoms with Crippen LogP contribution in [0.25, 0.3) is 0 Å². The Morgan fingerprint density at radius 3 is 2.31 bits per heavy atom. The van der Waals surface area contributed by atoms with Crippen LogP contribution in [-0.4, -0.2) is 61.6 Å². The van der Waals surface area contributed by atoms with Gasteiger partial charge in [0.05, 0.1) is 7.11 Å². The number of amides is 3. The third-order valence-electron chi connectivity index (χ3n) is 3.80. The number of esters is 1. The molecule has 0 heterocycles. The summed E-state index contributed by atoms with van der Waals surface area (Å²) in [4.78, 5) is 49.7. The summed E-state index contributed by atoms with van der Waals surface area (Å²) in [7, 11) is 2.66. The number of likely N-dealkylation sites (N-methyl/N-ethyl adjacent to an activating group) is 1. The van der Waals surface area contributed by atoms with Crippen molar-refractivity contribution in [1.29, 1.82) is 0 Å². The zero-order valence-corrected chi connectivity index (χ0v) is 17.7. The number of hydrogen-bond acceptors (Lipinski definition) is 6. The fraction of sp³-hybridized carbons (Fsp3) is 0.500. The van der Waals surface area contributed by atoms with Gasteiger partial charge in [-0.15, -0.1) is 0 Å². The number of hydrogen-bond donors (Lipinski definition) is 2. The molecule has 0 aliphatic carbocycles. The van der Waals surface area contributed by atoms with Crippen molar-refractivity contribution in [3.05, 3.63) is 35.4 Å². The van der Waals surface area contributed by atoms with E-state index in [0.717, 1.165) is 5.56 Å². The highest BCUT2D eigenvalue weighted by Crippen LogP contribution is 2.21. The predicted molar refractivity (Wildman–Crippen MR) is 106 cm³/mol. The molecule has 1 aromatic carbocycles. The first-order valence-corrected chi connectivity index (χ1v) is 9.08. The zero-order chi connectivity index (χ0) is 22.2. The summed E-state index contributed by atoms with van der Waals surface area (Å²) in [6.45, 7) is 6.31. The second-order valence-electron chi connectivity index (χ2n) is 7.47. The lowest BCUT2D eigenvalue weighted by Gasteiger charge is -2.28. The number of benzene rings is 1. The average Bonchev–Trinajstić information content (AvgIpc) is 2.62. The van der Waals surface area contributed by atoms with Crippen LogP contribution in [0.1, 0.15) is 37.9 Å². The fourth-order valence-corrected chi connectivity index (χ4v) is 2.45. The molecule has 0 fully saturated rings. The highest BCUT2D eigenvalue weighted by Gasteiger charge is 2.29. The Kier molecular flexibility index (Phi) is 8.62. The number of methoxy groups -OCH3 is 1. The molecule has 160 valence electrons. The summed E-state index contributed by atoms with van der Waals surface area (Å²) in [6.07, 6.45) is -0.735. The number of rotatable bonds is 7. The maximum atomic E-state index is 12.7. The van der Waals surface area contributed by atoms with Gasteiger partial charge in [-0.25, -0.2) is 4.79 Å². The molecule has 1 aromatic rings. The highest BCUT2D eigenvalue weighted by molar-refractivity contribution is 5.91. The van der Waals surface area contributed by atoms with Crippen molar-refractivity contribution in [2.45, 2.75) is 39.3 Å². The van der Waals surface area contributed by atoms with Crippen molar-refractivity contribution in [1.82, 2.24) is 15.5 Å². The van der Waals surface area contributed by atoms with E-state index in [-0.39, 0.29) is 13.1 Å². The van der Waals surface area contributed by atoms with E-state index in [2.05, 4.69) is 15.4 Å². The van der Waals surface area contributed by atoms with Crippen LogP contribution in [0, 0.1) is 6.92 Å². The minimum atomic E-state index is -0.993. The molecule has 0 aromatic heterocycles. The van der Waals surface area contributed by atoms with Crippen molar-refractivity contribution in [2.75, 3.05) is 27.2 Å². The lowest BCUT2D eigenvalue weighted by molar-refractivity contribution is -0.143. The van der Waals surface area contributed by atoms with Crippen molar-refractivity contribution in [3.8, 4) is 0 Å². The van der Waals surface area contributed by atoms with E-state index in [1.54, 1.807) is 39.0 Å². The molecule has 0 aliphatic rings. The van der Waals surface area contributed by atoms with Crippen molar-refractivity contribution >= 4 is 23.9 Å². The van der Waals surface area contributed by atoms with Crippen LogP contribution >= 0.6 is 0 Å². The minimum Gasteiger partial charge on any atom is -0.468 e. The van der Waals surface area contributed by atoms with E-state index in [1.807, 2.05) is 13.0 Å². The van der Waals surface area contributed by atoms with Crippen LogP contribution in [0.3, 0.4) is 0 Å². The molecule has 0 saturated carbocycles. The van der Waals surface area contributed by atoms with E-state index in [0.29, 0.717) is 5.56 Å². The summed E-state index contributed by atoms with van der Waals surface area (Å²) >= 11 is 0. The molecule has 9 nitrogen and oxygen atoms in total. The quantitative estimate of drug-likeness (QED) is 0.659. The SMILES string of the molecule is COC(=O)CNC(=O)C(c1cccc(C)c1)N(C)C(=O)CNC(=O)OC(C)(C)C. The molecule has 1 unspecified atom stereocenters. The first-order valence-electron chi connectivity index (χ1n) is 9.08. The van der Waals surface area contributed by atoms with Crippen LogP contribution in [0.4, 0.5) is 4.79 Å². The topological polar surface area (TPSA) is 114 Å². The van der Waals surface area contributed by atoms with Gasteiger partial charge in [0, 0.05) is 7.05 Å². The number of nitrogens with zero attached hydrogens (tertiary/aromatic N) is 1. The monoisotopic (exact) mass is 407 g/mol. The number of aryl methyl sites for hydroxylation is 1. The molecule has 2 N–H and O–H groups in total. The lowest BCUT2D eigenvalue weighted by Crippen LogP contribution is -2.46. The Bertz CT molecular complexity index is 757. The van der Waals surface area contributed by atoms with E-state index in [9.17, 15) is 19.2 Å². The first-order chi connectivity index (χ1) is 13.4. The zero-order valence-electron chi connectivity index (χ0n) is 17.7. The molecular weight excluding hydrogens is 378 g/mol. The highest BCUT2D eigenvalue weighted by atomic mass is 16.6. The maximum Gasteiger partial charge on any atom is 0.408 e. The van der Waals surface area contributed by atoms with Gasteiger partial charge in [-0.2, -0.15) is 0 Å². The molecule has 0 bridgehead atoms. The number of alkyl carbamates (subject to hydrolysis) is 1. The second-order valence-corrected chi connectivity index (χ2v) is 7.47. The summed E-state index contributed by atoms with van der Waals surface area (Å²) in [5.74, 6) is -1.66. The van der Waals surface area contributed by atoms with Crippen molar-refractivity contribution < 1.29 is 28.7 Å². The molecule has 29 heavy (non-hydrogen) atoms. The van der Waals surface area contributed by atoms with E-state index < -0.39 is 35.5 Å². The third-order valence-corrected chi connectivity index (χ3v) is 3.80. The molecule has 1 rings (SSSR count). The Morgan fingerprint density at radius 1 is 1.10 bits per heavy atom. The van der Waals surface area contributed by atoms with E-state index >= 15 is 0 Å². The van der Waals surface area contributed by atoms with Crippen molar-refractivity contribution in [2.24, 2.45) is 0 Å². The van der Waals surface area contributed by atoms with Gasteiger partial charge in [0.25, 0.3) is 0 Å². The maximum absolute atomic E-state index is 12.7. The van der Waals surface area contributed by atoms with E-state index in [4.69, 9.17) is 4.74 Å². The van der Waals surface area contributed by atoms with Gasteiger partial charge < -0.3 is 25.0 Å². The molecule has 3 amide bonds. The van der Waals surface area contributed by atoms with Gasteiger partial charge in [-0.3, -0.25) is 14.4 Å². The van der Waals surface area contributed by atoms with Crippen LogP contribution < -0.4 is 10.6 Å². The molecule has 1 atom stereocenters. The van der Waals surface area contributed by atoms with Gasteiger partial charge in [-0.05, 0) is 33.3 Å². The molecule has 0 aliphatic heterocycles. The normalized spacial score (nSPS) is 11.8. The summed E-state index contributed by atoms with van der Waals surface area (Å²) < 4.78 is 9.62. The van der Waals surface area contributed by atoms with Crippen molar-refractivity contribution in [3.63, 3.8) is 0 Å². The summed E-state index contributed by atoms with van der Waals surface area (Å²) in [5, 5.41) is 4.84. The smallest absolute Gasteiger partial charge is 0.408 e. The van der Waals surface area contributed by atoms with Gasteiger partial charge in [0.2, 0.25) is 11.8 Å². The lowest BCUT2D eigenvalue weighted by atomic mass is 10.0. The summed E-state index contributed by atoms with van der Waals surface area (Å²) in [6, 6.07) is 6.11. The standard InChI is InChI=1S/C20H29N3O6/c1-13-8-7-9-14(10-13)17(18(26)21-12-16(25)28-6)23(5)15(24)11-22-19(27)29-20(2,3)4/h7-10,17H,11-12H2,1-6H3,(H,21,26)(H,22,27). The Hall–Kier alpha value is -3.10. The molecule has 0 radical (unpaired) electrons. The van der Waals surface area contributed by atoms with Crippen LogP contribution in [-0.2, 0) is 23.9 Å². The minimum absolute atomic E-state index is 0.324.